The predicted molar refractivity (Wildman–Crippen MR) is 101 cm³/mol. The van der Waals surface area contributed by atoms with Gasteiger partial charge >= 0.3 is 0 Å². The van der Waals surface area contributed by atoms with Crippen molar-refractivity contribution in [3.8, 4) is 0 Å². The predicted octanol–water partition coefficient (Wildman–Crippen LogP) is 5.37. The van der Waals surface area contributed by atoms with E-state index in [4.69, 9.17) is 23.8 Å². The zero-order valence-electron chi connectivity index (χ0n) is 12.6. The lowest BCUT2D eigenvalue weighted by atomic mass is 10.1. The summed E-state index contributed by atoms with van der Waals surface area (Å²) in [5.41, 5.74) is 5.10. The third-order valence-corrected chi connectivity index (χ3v) is 4.09. The molecule has 3 nitrogen and oxygen atoms in total. The molecule has 8 heteroatoms. The Morgan fingerprint density at radius 1 is 1.12 bits per heavy atom. The number of hydrazone groups is 1. The highest BCUT2D eigenvalue weighted by Gasteiger charge is 2.05. The van der Waals surface area contributed by atoms with Crippen molar-refractivity contribution < 1.29 is 8.78 Å². The molecule has 0 spiro atoms. The smallest absolute Gasteiger partial charge is 0.288 e. The summed E-state index contributed by atoms with van der Waals surface area (Å²) in [6.07, 6.45) is 0. The Hall–Kier alpha value is -1.70. The van der Waals surface area contributed by atoms with E-state index in [9.17, 15) is 8.78 Å². The van der Waals surface area contributed by atoms with Crippen LogP contribution in [0.15, 0.2) is 58.5 Å². The minimum Gasteiger partial charge on any atom is -0.331 e. The number of alkyl halides is 2. The first-order chi connectivity index (χ1) is 11.4. The molecule has 126 valence electrons. The van der Waals surface area contributed by atoms with Gasteiger partial charge in [-0.1, -0.05) is 35.5 Å². The lowest BCUT2D eigenvalue weighted by molar-refractivity contribution is 0.252. The largest absolute Gasteiger partial charge is 0.331 e. The second kappa shape index (κ2) is 8.96. The standard InChI is InChI=1S/C16H14ClF2N3S2/c1-10(11-2-4-12(17)5-3-11)21-22-16(23)20-13-6-8-14(9-7-13)24-15(18)19/h2-9,15H,1H3,(H2,20,22,23)/b21-10-. The molecule has 0 aliphatic carbocycles. The summed E-state index contributed by atoms with van der Waals surface area (Å²) in [6.45, 7) is 1.84. The number of thiocarbonyl (C=S) groups is 1. The van der Waals surface area contributed by atoms with E-state index in [-0.39, 0.29) is 0 Å². The summed E-state index contributed by atoms with van der Waals surface area (Å²) in [6, 6.07) is 13.8. The fraction of sp³-hybridized carbons (Fsp3) is 0.125. The molecule has 0 amide bonds. The number of thioether (sulfide) groups is 1. The van der Waals surface area contributed by atoms with E-state index in [1.165, 1.54) is 0 Å². The Morgan fingerprint density at radius 3 is 2.33 bits per heavy atom. The first kappa shape index (κ1) is 18.6. The molecule has 2 aromatic carbocycles. The molecular weight excluding hydrogens is 372 g/mol. The van der Waals surface area contributed by atoms with Crippen molar-refractivity contribution in [2.24, 2.45) is 5.10 Å². The maximum Gasteiger partial charge on any atom is 0.288 e. The van der Waals surface area contributed by atoms with Crippen LogP contribution in [0.4, 0.5) is 14.5 Å². The molecule has 0 atom stereocenters. The van der Waals surface area contributed by atoms with E-state index >= 15 is 0 Å². The fourth-order valence-corrected chi connectivity index (χ4v) is 2.56. The van der Waals surface area contributed by atoms with E-state index in [1.807, 2.05) is 19.1 Å². The van der Waals surface area contributed by atoms with Gasteiger partial charge in [0, 0.05) is 15.6 Å². The number of benzene rings is 2. The molecule has 0 bridgehead atoms. The van der Waals surface area contributed by atoms with Gasteiger partial charge < -0.3 is 5.32 Å². The van der Waals surface area contributed by atoms with Crippen molar-refractivity contribution in [3.05, 3.63) is 59.1 Å². The van der Waals surface area contributed by atoms with Crippen LogP contribution in [0.1, 0.15) is 12.5 Å². The highest BCUT2D eigenvalue weighted by Crippen LogP contribution is 2.26. The molecule has 0 saturated heterocycles. The summed E-state index contributed by atoms with van der Waals surface area (Å²) in [5.74, 6) is -2.43. The van der Waals surface area contributed by atoms with Gasteiger partial charge in [-0.2, -0.15) is 13.9 Å². The Balaban J connectivity index is 1.90. The van der Waals surface area contributed by atoms with Crippen LogP contribution in [0.2, 0.25) is 5.02 Å². The van der Waals surface area contributed by atoms with Crippen molar-refractivity contribution in [3.63, 3.8) is 0 Å². The summed E-state index contributed by atoms with van der Waals surface area (Å²) in [7, 11) is 0. The van der Waals surface area contributed by atoms with Crippen LogP contribution in [-0.4, -0.2) is 16.6 Å². The highest BCUT2D eigenvalue weighted by molar-refractivity contribution is 7.99. The number of anilines is 1. The average Bonchev–Trinajstić information content (AvgIpc) is 2.54. The Morgan fingerprint density at radius 2 is 1.75 bits per heavy atom. The number of hydrogen-bond donors (Lipinski definition) is 2. The first-order valence-corrected chi connectivity index (χ1v) is 8.53. The van der Waals surface area contributed by atoms with Gasteiger partial charge in [-0.3, -0.25) is 5.43 Å². The molecule has 0 aromatic heterocycles. The molecule has 0 saturated carbocycles. The third kappa shape index (κ3) is 6.07. The Kier molecular flexibility index (Phi) is 6.96. The number of hydrogen-bond acceptors (Lipinski definition) is 3. The monoisotopic (exact) mass is 385 g/mol. The number of nitrogens with one attached hydrogen (secondary N) is 2. The minimum atomic E-state index is -2.43. The average molecular weight is 386 g/mol. The van der Waals surface area contributed by atoms with Gasteiger partial charge in [-0.15, -0.1) is 0 Å². The maximum absolute atomic E-state index is 12.3. The van der Waals surface area contributed by atoms with Gasteiger partial charge in [0.15, 0.2) is 5.11 Å². The number of halogens is 3. The van der Waals surface area contributed by atoms with Gasteiger partial charge in [-0.05, 0) is 61.1 Å². The van der Waals surface area contributed by atoms with Crippen molar-refractivity contribution in [2.75, 3.05) is 5.32 Å². The van der Waals surface area contributed by atoms with Gasteiger partial charge in [-0.25, -0.2) is 0 Å². The van der Waals surface area contributed by atoms with Crippen molar-refractivity contribution >= 4 is 52.1 Å². The molecule has 0 heterocycles. The van der Waals surface area contributed by atoms with Crippen LogP contribution in [0, 0.1) is 0 Å². The van der Waals surface area contributed by atoms with Crippen molar-refractivity contribution in [1.82, 2.24) is 5.43 Å². The van der Waals surface area contributed by atoms with Crippen LogP contribution in [-0.2, 0) is 0 Å². The van der Waals surface area contributed by atoms with E-state index < -0.39 is 5.76 Å². The zero-order chi connectivity index (χ0) is 17.5. The zero-order valence-corrected chi connectivity index (χ0v) is 15.0. The highest BCUT2D eigenvalue weighted by atomic mass is 35.5. The summed E-state index contributed by atoms with van der Waals surface area (Å²) in [5, 5.41) is 8.09. The van der Waals surface area contributed by atoms with E-state index in [0.717, 1.165) is 11.3 Å². The molecule has 2 aromatic rings. The summed E-state index contributed by atoms with van der Waals surface area (Å²) in [4.78, 5) is 0.492. The second-order valence-corrected chi connectivity index (χ2v) is 6.58. The molecule has 2 rings (SSSR count). The van der Waals surface area contributed by atoms with Gasteiger partial charge in [0.25, 0.3) is 5.76 Å². The van der Waals surface area contributed by atoms with E-state index in [0.29, 0.717) is 32.5 Å². The second-order valence-electron chi connectivity index (χ2n) is 4.67. The molecule has 0 unspecified atom stereocenters. The maximum atomic E-state index is 12.3. The fourth-order valence-electron chi connectivity index (χ4n) is 1.77. The lowest BCUT2D eigenvalue weighted by Crippen LogP contribution is -2.24. The molecule has 0 aliphatic rings. The molecule has 2 N–H and O–H groups in total. The van der Waals surface area contributed by atoms with Crippen molar-refractivity contribution in [2.45, 2.75) is 17.6 Å². The number of rotatable bonds is 5. The molecule has 24 heavy (non-hydrogen) atoms. The summed E-state index contributed by atoms with van der Waals surface area (Å²) < 4.78 is 24.5. The van der Waals surface area contributed by atoms with Gasteiger partial charge in [0.2, 0.25) is 0 Å². The first-order valence-electron chi connectivity index (χ1n) is 6.86. The van der Waals surface area contributed by atoms with Gasteiger partial charge in [0.1, 0.15) is 0 Å². The summed E-state index contributed by atoms with van der Waals surface area (Å²) >= 11 is 11.5. The van der Waals surface area contributed by atoms with Crippen LogP contribution in [0.3, 0.4) is 0 Å². The topological polar surface area (TPSA) is 36.4 Å². The van der Waals surface area contributed by atoms with Crippen LogP contribution in [0.25, 0.3) is 0 Å². The lowest BCUT2D eigenvalue weighted by Gasteiger charge is -2.09. The number of nitrogens with zero attached hydrogens (tertiary/aromatic N) is 1. The van der Waals surface area contributed by atoms with Gasteiger partial charge in [0.05, 0.1) is 5.71 Å². The molecule has 0 fully saturated rings. The quantitative estimate of drug-likeness (QED) is 0.314. The Labute approximate surface area is 153 Å². The third-order valence-electron chi connectivity index (χ3n) is 2.92. The minimum absolute atomic E-state index is 0.303. The van der Waals surface area contributed by atoms with Crippen molar-refractivity contribution in [1.29, 1.82) is 0 Å². The van der Waals surface area contributed by atoms with Crippen LogP contribution >= 0.6 is 35.6 Å². The molecule has 0 aliphatic heterocycles. The normalized spacial score (nSPS) is 11.5. The van der Waals surface area contributed by atoms with E-state index in [2.05, 4.69) is 15.8 Å². The Bertz CT molecular complexity index is 719. The van der Waals surface area contributed by atoms with Crippen LogP contribution < -0.4 is 10.7 Å². The molecular formula is C16H14ClF2N3S2. The molecule has 0 radical (unpaired) electrons. The van der Waals surface area contributed by atoms with Crippen LogP contribution in [0.5, 0.6) is 0 Å². The van der Waals surface area contributed by atoms with E-state index in [1.54, 1.807) is 36.4 Å². The SMILES string of the molecule is C/C(=N/NC(=S)Nc1ccc(SC(F)F)cc1)c1ccc(Cl)cc1.